The van der Waals surface area contributed by atoms with E-state index in [4.69, 9.17) is 5.73 Å². The third kappa shape index (κ3) is 1.92. The second kappa shape index (κ2) is 4.88. The summed E-state index contributed by atoms with van der Waals surface area (Å²) in [5.41, 5.74) is 6.26. The zero-order valence-electron chi connectivity index (χ0n) is 9.71. The fraction of sp³-hybridized carbons (Fsp3) is 0.333. The minimum Gasteiger partial charge on any atom is -0.477 e. The summed E-state index contributed by atoms with van der Waals surface area (Å²) in [5.74, 6) is 4.49. The number of carboxylic acids is 1. The molecule has 2 aliphatic heterocycles. The van der Waals surface area contributed by atoms with Crippen molar-refractivity contribution in [3.05, 3.63) is 23.4 Å². The Balaban J connectivity index is 2.37. The predicted octanol–water partition coefficient (Wildman–Crippen LogP) is 0.147. The number of carbonyl (C=O) groups excluding carboxylic acids is 1. The van der Waals surface area contributed by atoms with Crippen LogP contribution in [0.15, 0.2) is 23.4 Å². The van der Waals surface area contributed by atoms with Crippen LogP contribution in [0.2, 0.25) is 0 Å². The van der Waals surface area contributed by atoms with Crippen LogP contribution < -0.4 is 5.73 Å². The third-order valence-electron chi connectivity index (χ3n) is 2.75. The van der Waals surface area contributed by atoms with Crippen molar-refractivity contribution < 1.29 is 14.7 Å². The van der Waals surface area contributed by atoms with Crippen LogP contribution in [0.4, 0.5) is 0 Å². The van der Waals surface area contributed by atoms with Crippen molar-refractivity contribution in [3.63, 3.8) is 0 Å². The molecule has 6 heteroatoms. The van der Waals surface area contributed by atoms with Gasteiger partial charge in [-0.05, 0) is 24.6 Å². The number of fused-ring (bicyclic) bond motifs is 1. The number of hydrogen-bond donors (Lipinski definition) is 2. The van der Waals surface area contributed by atoms with Crippen LogP contribution in [0.3, 0.4) is 0 Å². The van der Waals surface area contributed by atoms with Crippen molar-refractivity contribution in [1.82, 2.24) is 4.90 Å². The third-order valence-corrected chi connectivity index (χ3v) is 4.08. The van der Waals surface area contributed by atoms with Crippen molar-refractivity contribution >= 4 is 23.6 Å². The molecule has 0 aromatic carbocycles. The first-order chi connectivity index (χ1) is 8.57. The van der Waals surface area contributed by atoms with Gasteiger partial charge >= 0.3 is 5.97 Å². The molecule has 0 bridgehead atoms. The Bertz CT molecular complexity index is 527. The molecule has 2 aliphatic rings. The van der Waals surface area contributed by atoms with Crippen molar-refractivity contribution in [1.29, 1.82) is 0 Å². The molecule has 94 valence electrons. The lowest BCUT2D eigenvalue weighted by molar-refractivity contribution is -0.147. The lowest BCUT2D eigenvalue weighted by Crippen LogP contribution is -2.68. The van der Waals surface area contributed by atoms with Gasteiger partial charge in [0.2, 0.25) is 5.91 Å². The molecular weight excluding hydrogens is 252 g/mol. The monoisotopic (exact) mass is 264 g/mol. The van der Waals surface area contributed by atoms with Gasteiger partial charge in [0.1, 0.15) is 17.1 Å². The van der Waals surface area contributed by atoms with Crippen LogP contribution in [0.25, 0.3) is 0 Å². The normalized spacial score (nSPS) is 26.6. The van der Waals surface area contributed by atoms with Gasteiger partial charge < -0.3 is 10.8 Å². The number of allylic oxidation sites excluding steroid dienone is 2. The van der Waals surface area contributed by atoms with Gasteiger partial charge in [0.25, 0.3) is 0 Å². The highest BCUT2D eigenvalue weighted by Gasteiger charge is 2.51. The fourth-order valence-electron chi connectivity index (χ4n) is 1.89. The summed E-state index contributed by atoms with van der Waals surface area (Å²) in [6.45, 7) is 1.69. The topological polar surface area (TPSA) is 83.6 Å². The average molecular weight is 264 g/mol. The summed E-state index contributed by atoms with van der Waals surface area (Å²) < 4.78 is 0. The quantitative estimate of drug-likeness (QED) is 0.548. The number of carboxylic acid groups (broad SMARTS) is 1. The number of rotatable bonds is 2. The number of thioether (sulfide) groups is 1. The van der Waals surface area contributed by atoms with Crippen LogP contribution in [0.5, 0.6) is 0 Å². The Labute approximate surface area is 109 Å². The number of amides is 1. The minimum absolute atomic E-state index is 0.0274. The lowest BCUT2D eigenvalue weighted by atomic mass is 10.0. The van der Waals surface area contributed by atoms with Crippen molar-refractivity contribution in [2.75, 3.05) is 5.75 Å². The van der Waals surface area contributed by atoms with E-state index in [9.17, 15) is 14.7 Å². The molecule has 2 heterocycles. The number of β-lactam (4-membered cyclic amide) rings is 1. The maximum atomic E-state index is 11.6. The minimum atomic E-state index is -1.11. The van der Waals surface area contributed by atoms with E-state index in [1.807, 2.05) is 0 Å². The van der Waals surface area contributed by atoms with Crippen LogP contribution in [-0.2, 0) is 9.59 Å². The smallest absolute Gasteiger partial charge is 0.352 e. The van der Waals surface area contributed by atoms with Gasteiger partial charge in [0, 0.05) is 5.75 Å². The van der Waals surface area contributed by atoms with Crippen molar-refractivity contribution in [2.45, 2.75) is 18.3 Å². The molecule has 2 atom stereocenters. The fourth-order valence-corrected chi connectivity index (χ4v) is 3.16. The van der Waals surface area contributed by atoms with Crippen LogP contribution >= 0.6 is 11.8 Å². The molecule has 0 aromatic rings. The van der Waals surface area contributed by atoms with Crippen molar-refractivity contribution in [3.8, 4) is 11.8 Å². The zero-order valence-corrected chi connectivity index (χ0v) is 10.5. The molecular formula is C12H12N2O3S. The first kappa shape index (κ1) is 12.7. The maximum absolute atomic E-state index is 11.6. The summed E-state index contributed by atoms with van der Waals surface area (Å²) in [7, 11) is 0. The van der Waals surface area contributed by atoms with E-state index >= 15 is 0 Å². The van der Waals surface area contributed by atoms with Crippen LogP contribution in [0, 0.1) is 11.8 Å². The van der Waals surface area contributed by atoms with Crippen LogP contribution in [-0.4, -0.2) is 39.1 Å². The largest absolute Gasteiger partial charge is 0.477 e. The highest BCUT2D eigenvalue weighted by atomic mass is 32.2. The Kier molecular flexibility index (Phi) is 3.45. The maximum Gasteiger partial charge on any atom is 0.352 e. The molecule has 18 heavy (non-hydrogen) atoms. The van der Waals surface area contributed by atoms with Gasteiger partial charge in [-0.3, -0.25) is 9.69 Å². The molecule has 1 saturated heterocycles. The summed E-state index contributed by atoms with van der Waals surface area (Å²) >= 11 is 1.47. The Hall–Kier alpha value is -1.71. The number of carbonyl (C=O) groups is 2. The van der Waals surface area contributed by atoms with Gasteiger partial charge in [0.15, 0.2) is 0 Å². The standard InChI is InChI=1S/C12H12N2O3S/c1-2-3-4-5-7-6-18-11-8(13)10(15)14(11)9(7)12(16)17/h4-5,8,11H,6,13H2,1H3,(H,16,17)/b5-4+/t8-,11-/m1/s1. The molecule has 0 saturated carbocycles. The van der Waals surface area contributed by atoms with E-state index in [1.165, 1.54) is 16.7 Å². The molecule has 0 aromatic heterocycles. The molecule has 0 unspecified atom stereocenters. The zero-order chi connectivity index (χ0) is 13.3. The molecule has 5 nitrogen and oxygen atoms in total. The first-order valence-corrected chi connectivity index (χ1v) is 6.38. The second-order valence-electron chi connectivity index (χ2n) is 3.84. The van der Waals surface area contributed by atoms with E-state index in [0.29, 0.717) is 11.3 Å². The number of nitrogens with zero attached hydrogens (tertiary/aromatic N) is 1. The summed E-state index contributed by atoms with van der Waals surface area (Å²) in [4.78, 5) is 24.2. The Morgan fingerprint density at radius 3 is 3.00 bits per heavy atom. The molecule has 1 fully saturated rings. The summed E-state index contributed by atoms with van der Waals surface area (Å²) in [6, 6.07) is -0.592. The van der Waals surface area contributed by atoms with Crippen LogP contribution in [0.1, 0.15) is 6.92 Å². The van der Waals surface area contributed by atoms with E-state index in [-0.39, 0.29) is 17.0 Å². The van der Waals surface area contributed by atoms with E-state index in [0.717, 1.165) is 0 Å². The van der Waals surface area contributed by atoms with E-state index < -0.39 is 12.0 Å². The van der Waals surface area contributed by atoms with Gasteiger partial charge in [-0.15, -0.1) is 17.7 Å². The molecule has 1 amide bonds. The van der Waals surface area contributed by atoms with E-state index in [1.54, 1.807) is 19.1 Å². The Morgan fingerprint density at radius 2 is 2.39 bits per heavy atom. The number of aliphatic carboxylic acids is 1. The summed E-state index contributed by atoms with van der Waals surface area (Å²) in [5, 5.41) is 8.97. The molecule has 2 rings (SSSR count). The molecule has 3 N–H and O–H groups in total. The molecule has 0 aliphatic carbocycles. The van der Waals surface area contributed by atoms with Gasteiger partial charge in [-0.25, -0.2) is 4.79 Å². The average Bonchev–Trinajstić information content (AvgIpc) is 2.37. The van der Waals surface area contributed by atoms with E-state index in [2.05, 4.69) is 11.8 Å². The Morgan fingerprint density at radius 1 is 1.67 bits per heavy atom. The SMILES string of the molecule is CC#C/C=C/C1=C(C(=O)O)N2C(=O)[C@@H](N)[C@H]2SC1. The number of nitrogens with two attached hydrogens (primary N) is 1. The predicted molar refractivity (Wildman–Crippen MR) is 68.3 cm³/mol. The van der Waals surface area contributed by atoms with Gasteiger partial charge in [-0.1, -0.05) is 5.92 Å². The molecule has 0 radical (unpaired) electrons. The first-order valence-electron chi connectivity index (χ1n) is 5.33. The van der Waals surface area contributed by atoms with Crippen molar-refractivity contribution in [2.24, 2.45) is 5.73 Å². The summed E-state index contributed by atoms with van der Waals surface area (Å²) in [6.07, 6.45) is 3.23. The molecule has 0 spiro atoms. The number of hydrogen-bond acceptors (Lipinski definition) is 4. The second-order valence-corrected chi connectivity index (χ2v) is 4.95. The lowest BCUT2D eigenvalue weighted by Gasteiger charge is -2.47. The van der Waals surface area contributed by atoms with Gasteiger partial charge in [-0.2, -0.15) is 0 Å². The van der Waals surface area contributed by atoms with Gasteiger partial charge in [0.05, 0.1) is 0 Å². The highest BCUT2D eigenvalue weighted by molar-refractivity contribution is 8.00. The highest BCUT2D eigenvalue weighted by Crippen LogP contribution is 2.39.